The molecule has 0 unspecified atom stereocenters. The smallest absolute Gasteiger partial charge is 0.272 e. The first kappa shape index (κ1) is 18.7. The zero-order valence-electron chi connectivity index (χ0n) is 16.6. The van der Waals surface area contributed by atoms with Gasteiger partial charge in [0, 0.05) is 30.3 Å². The Morgan fingerprint density at radius 2 is 2.11 bits per heavy atom. The topological polar surface area (TPSA) is 95.9 Å². The van der Waals surface area contributed by atoms with Crippen LogP contribution in [0.15, 0.2) is 6.07 Å². The average Bonchev–Trinajstić information content (AvgIpc) is 3.14. The molecule has 3 heterocycles. The van der Waals surface area contributed by atoms with Crippen molar-refractivity contribution >= 4 is 11.8 Å². The van der Waals surface area contributed by atoms with Crippen molar-refractivity contribution in [2.24, 2.45) is 5.92 Å². The number of aromatic nitrogens is 4. The summed E-state index contributed by atoms with van der Waals surface area (Å²) in [6.45, 7) is 6.49. The third-order valence-electron chi connectivity index (χ3n) is 5.94. The van der Waals surface area contributed by atoms with Gasteiger partial charge in [0.25, 0.3) is 5.91 Å². The summed E-state index contributed by atoms with van der Waals surface area (Å²) in [5.74, 6) is 0.313. The van der Waals surface area contributed by atoms with Crippen molar-refractivity contribution in [3.05, 3.63) is 34.4 Å². The van der Waals surface area contributed by atoms with Crippen LogP contribution >= 0.6 is 0 Å². The van der Waals surface area contributed by atoms with Gasteiger partial charge in [0.15, 0.2) is 5.69 Å². The number of fused-ring (bicyclic) bond motifs is 1. The van der Waals surface area contributed by atoms with Gasteiger partial charge in [-0.3, -0.25) is 19.4 Å². The maximum atomic E-state index is 12.6. The molecule has 0 radical (unpaired) electrons. The van der Waals surface area contributed by atoms with Gasteiger partial charge in [0.1, 0.15) is 0 Å². The highest BCUT2D eigenvalue weighted by atomic mass is 16.2. The Bertz CT molecular complexity index is 879. The van der Waals surface area contributed by atoms with Crippen LogP contribution in [0.5, 0.6) is 0 Å². The van der Waals surface area contributed by atoms with Crippen LogP contribution in [0.2, 0.25) is 0 Å². The van der Waals surface area contributed by atoms with Gasteiger partial charge in [-0.2, -0.15) is 10.2 Å². The molecule has 28 heavy (non-hydrogen) atoms. The van der Waals surface area contributed by atoms with Gasteiger partial charge in [-0.05, 0) is 38.7 Å². The Labute approximate surface area is 164 Å². The fourth-order valence-corrected chi connectivity index (χ4v) is 3.96. The molecule has 8 nitrogen and oxygen atoms in total. The molecule has 1 aliphatic carbocycles. The Morgan fingerprint density at radius 3 is 2.79 bits per heavy atom. The lowest BCUT2D eigenvalue weighted by atomic mass is 9.84. The quantitative estimate of drug-likeness (QED) is 0.823. The van der Waals surface area contributed by atoms with E-state index in [1.807, 2.05) is 29.5 Å². The molecule has 1 saturated carbocycles. The number of hydrogen-bond donors (Lipinski definition) is 2. The van der Waals surface area contributed by atoms with Crippen LogP contribution in [0.25, 0.3) is 0 Å². The highest BCUT2D eigenvalue weighted by molar-refractivity contribution is 5.93. The molecule has 0 spiro atoms. The van der Waals surface area contributed by atoms with Crippen molar-refractivity contribution in [1.82, 2.24) is 30.2 Å². The summed E-state index contributed by atoms with van der Waals surface area (Å²) in [4.78, 5) is 27.0. The first-order valence-electron chi connectivity index (χ1n) is 10.2. The molecule has 150 valence electrons. The normalized spacial score (nSPS) is 17.0. The predicted molar refractivity (Wildman–Crippen MR) is 103 cm³/mol. The van der Waals surface area contributed by atoms with E-state index in [9.17, 15) is 9.59 Å². The van der Waals surface area contributed by atoms with Crippen molar-refractivity contribution in [2.45, 2.75) is 65.6 Å². The highest BCUT2D eigenvalue weighted by Crippen LogP contribution is 2.29. The van der Waals surface area contributed by atoms with Crippen molar-refractivity contribution in [3.63, 3.8) is 0 Å². The van der Waals surface area contributed by atoms with E-state index in [1.165, 1.54) is 6.42 Å². The van der Waals surface area contributed by atoms with Gasteiger partial charge in [0.05, 0.1) is 24.5 Å². The van der Waals surface area contributed by atoms with Gasteiger partial charge in [-0.15, -0.1) is 0 Å². The molecule has 2 N–H and O–H groups in total. The number of rotatable bonds is 5. The minimum atomic E-state index is -0.196. The summed E-state index contributed by atoms with van der Waals surface area (Å²) in [6, 6.07) is 2.00. The summed E-state index contributed by atoms with van der Waals surface area (Å²) in [6.07, 6.45) is 4.94. The van der Waals surface area contributed by atoms with Crippen LogP contribution in [0, 0.1) is 12.8 Å². The lowest BCUT2D eigenvalue weighted by Gasteiger charge is -2.30. The number of amides is 2. The van der Waals surface area contributed by atoms with Crippen LogP contribution in [0.3, 0.4) is 0 Å². The highest BCUT2D eigenvalue weighted by Gasteiger charge is 2.30. The largest absolute Gasteiger partial charge is 0.345 e. The third-order valence-corrected chi connectivity index (χ3v) is 5.94. The number of carbonyl (C=O) groups excluding carboxylic acids is 2. The van der Waals surface area contributed by atoms with Crippen molar-refractivity contribution in [3.8, 4) is 0 Å². The number of nitrogens with one attached hydrogen (secondary N) is 2. The van der Waals surface area contributed by atoms with Crippen molar-refractivity contribution in [1.29, 1.82) is 0 Å². The molecule has 0 atom stereocenters. The molecule has 8 heteroatoms. The molecule has 4 rings (SSSR count). The second kappa shape index (κ2) is 7.77. The molecular formula is C20H28N6O2. The van der Waals surface area contributed by atoms with Crippen molar-refractivity contribution in [2.75, 3.05) is 6.54 Å². The molecule has 0 aromatic carbocycles. The van der Waals surface area contributed by atoms with Gasteiger partial charge in [0.2, 0.25) is 5.91 Å². The summed E-state index contributed by atoms with van der Waals surface area (Å²) >= 11 is 0. The molecule has 2 aromatic heterocycles. The van der Waals surface area contributed by atoms with E-state index in [2.05, 4.69) is 20.6 Å². The Morgan fingerprint density at radius 1 is 1.29 bits per heavy atom. The van der Waals surface area contributed by atoms with Crippen LogP contribution in [-0.2, 0) is 30.8 Å². The number of carbonyl (C=O) groups is 2. The van der Waals surface area contributed by atoms with E-state index in [0.717, 1.165) is 61.4 Å². The van der Waals surface area contributed by atoms with E-state index in [4.69, 9.17) is 0 Å². The van der Waals surface area contributed by atoms with E-state index < -0.39 is 0 Å². The van der Waals surface area contributed by atoms with Crippen LogP contribution in [0.1, 0.15) is 65.7 Å². The molecule has 0 bridgehead atoms. The third kappa shape index (κ3) is 3.55. The van der Waals surface area contributed by atoms with Crippen LogP contribution < -0.4 is 5.32 Å². The number of nitrogens with zero attached hydrogens (tertiary/aromatic N) is 4. The summed E-state index contributed by atoms with van der Waals surface area (Å²) in [5, 5.41) is 14.6. The van der Waals surface area contributed by atoms with Crippen LogP contribution in [0.4, 0.5) is 0 Å². The second-order valence-corrected chi connectivity index (χ2v) is 7.80. The summed E-state index contributed by atoms with van der Waals surface area (Å²) in [5.41, 5.74) is 4.17. The Balaban J connectivity index is 1.40. The lowest BCUT2D eigenvalue weighted by Crippen LogP contribution is -2.38. The molecule has 1 aliphatic heterocycles. The van der Waals surface area contributed by atoms with Gasteiger partial charge in [-0.25, -0.2) is 0 Å². The number of H-pyrrole nitrogens is 1. The summed E-state index contributed by atoms with van der Waals surface area (Å²) in [7, 11) is 0. The Hall–Kier alpha value is -2.64. The Kier molecular flexibility index (Phi) is 5.19. The van der Waals surface area contributed by atoms with E-state index >= 15 is 0 Å². The fraction of sp³-hybridized carbons (Fsp3) is 0.600. The maximum absolute atomic E-state index is 12.6. The molecule has 0 saturated heterocycles. The number of aryl methyl sites for hydroxylation is 2. The maximum Gasteiger partial charge on any atom is 0.272 e. The standard InChI is InChI=1S/C20H28N6O2/c1-3-17-13(2)18(23-22-17)19(27)21-11-15-10-16-12-25(8-5-9-26(16)24-15)20(28)14-6-4-7-14/h10,14H,3-9,11-12H2,1-2H3,(H,21,27)(H,22,23). The zero-order valence-corrected chi connectivity index (χ0v) is 16.6. The lowest BCUT2D eigenvalue weighted by molar-refractivity contribution is -0.138. The predicted octanol–water partition coefficient (Wildman–Crippen LogP) is 1.94. The van der Waals surface area contributed by atoms with Crippen molar-refractivity contribution < 1.29 is 9.59 Å². The minimum Gasteiger partial charge on any atom is -0.345 e. The minimum absolute atomic E-state index is 0.196. The van der Waals surface area contributed by atoms with E-state index in [0.29, 0.717) is 18.8 Å². The van der Waals surface area contributed by atoms with Crippen LogP contribution in [-0.4, -0.2) is 43.2 Å². The molecule has 1 fully saturated rings. The average molecular weight is 384 g/mol. The van der Waals surface area contributed by atoms with E-state index in [-0.39, 0.29) is 17.7 Å². The van der Waals surface area contributed by atoms with Gasteiger partial charge >= 0.3 is 0 Å². The van der Waals surface area contributed by atoms with Gasteiger partial charge in [-0.1, -0.05) is 13.3 Å². The SMILES string of the molecule is CCc1[nH]nc(C(=O)NCc2cc3n(n2)CCCN(C(=O)C2CCC2)C3)c1C. The van der Waals surface area contributed by atoms with Gasteiger partial charge < -0.3 is 10.2 Å². The van der Waals surface area contributed by atoms with E-state index in [1.54, 1.807) is 0 Å². The zero-order chi connectivity index (χ0) is 19.7. The first-order chi connectivity index (χ1) is 13.6. The molecule has 2 aliphatic rings. The summed E-state index contributed by atoms with van der Waals surface area (Å²) < 4.78 is 1.98. The fourth-order valence-electron chi connectivity index (χ4n) is 3.96. The number of aromatic amines is 1. The number of hydrogen-bond acceptors (Lipinski definition) is 4. The first-order valence-corrected chi connectivity index (χ1v) is 10.2. The monoisotopic (exact) mass is 384 g/mol. The molecule has 2 aromatic rings. The molecule has 2 amide bonds. The molecular weight excluding hydrogens is 356 g/mol. The second-order valence-electron chi connectivity index (χ2n) is 7.80.